The van der Waals surface area contributed by atoms with Crippen LogP contribution < -0.4 is 37.9 Å². The Hall–Kier alpha value is -6.12. The molecule has 6 rings (SSSR count). The summed E-state index contributed by atoms with van der Waals surface area (Å²) in [7, 11) is 3.17. The fourth-order valence-electron chi connectivity index (χ4n) is 6.06. The van der Waals surface area contributed by atoms with Crippen molar-refractivity contribution in [2.75, 3.05) is 27.4 Å². The van der Waals surface area contributed by atoms with Crippen LogP contribution in [0.15, 0.2) is 72.8 Å². The van der Waals surface area contributed by atoms with Gasteiger partial charge in [-0.15, -0.1) is 0 Å². The normalized spacial score (nSPS) is 18.1. The quantitative estimate of drug-likeness (QED) is 0.170. The first-order valence-electron chi connectivity index (χ1n) is 16.8. The predicted molar refractivity (Wildman–Crippen MR) is 190 cm³/mol. The molecule has 14 nitrogen and oxygen atoms in total. The zero-order valence-corrected chi connectivity index (χ0v) is 30.4. The molecule has 4 aromatic carbocycles. The molecule has 54 heavy (non-hydrogen) atoms. The third-order valence-electron chi connectivity index (χ3n) is 8.51. The van der Waals surface area contributed by atoms with Crippen LogP contribution in [0, 0.1) is 0 Å². The zero-order chi connectivity index (χ0) is 39.1. The van der Waals surface area contributed by atoms with E-state index in [2.05, 4.69) is 0 Å². The third kappa shape index (κ3) is 8.90. The van der Waals surface area contributed by atoms with Gasteiger partial charge in [-0.05, 0) is 59.7 Å². The summed E-state index contributed by atoms with van der Waals surface area (Å²) in [6, 6.07) is 20.8. The number of carbonyl (C=O) groups is 4. The van der Waals surface area contributed by atoms with E-state index >= 15 is 0 Å². The molecule has 0 saturated heterocycles. The average Bonchev–Trinajstić information content (AvgIpc) is 3.13. The van der Waals surface area contributed by atoms with Gasteiger partial charge in [0.05, 0.1) is 39.6 Å². The van der Waals surface area contributed by atoms with Gasteiger partial charge in [0, 0.05) is 50.7 Å². The Morgan fingerprint density at radius 1 is 0.519 bits per heavy atom. The largest absolute Gasteiger partial charge is 0.497 e. The number of aliphatic hydroxyl groups excluding tert-OH is 2. The second-order valence-corrected chi connectivity index (χ2v) is 12.3. The van der Waals surface area contributed by atoms with Crippen LogP contribution in [-0.2, 0) is 19.2 Å². The first kappa shape index (κ1) is 39.1. The van der Waals surface area contributed by atoms with Crippen molar-refractivity contribution in [1.82, 2.24) is 0 Å². The summed E-state index contributed by atoms with van der Waals surface area (Å²) in [6.07, 6.45) is -1.77. The maximum Gasteiger partial charge on any atom is 0.308 e. The number of benzene rings is 4. The molecule has 0 saturated carbocycles. The highest BCUT2D eigenvalue weighted by atomic mass is 16.6. The Bertz CT molecular complexity index is 1860. The minimum Gasteiger partial charge on any atom is -0.497 e. The SMILES string of the molecule is COc1ccc(C2COc3c(ccc(OC(C)=O)c3OC(C)=O)C2O)cc1.COc1ccc(C2COc3c(ccc(OC(C)=O)c3OC(C)=O)C2O)cc1. The molecule has 0 spiro atoms. The fourth-order valence-corrected chi connectivity index (χ4v) is 6.06. The Kier molecular flexibility index (Phi) is 12.4. The van der Waals surface area contributed by atoms with Gasteiger partial charge in [-0.25, -0.2) is 0 Å². The van der Waals surface area contributed by atoms with Crippen LogP contribution in [0.25, 0.3) is 0 Å². The van der Waals surface area contributed by atoms with Crippen molar-refractivity contribution in [3.05, 3.63) is 95.1 Å². The van der Waals surface area contributed by atoms with E-state index in [4.69, 9.17) is 37.9 Å². The second-order valence-electron chi connectivity index (χ2n) is 12.3. The lowest BCUT2D eigenvalue weighted by molar-refractivity contribution is -0.134. The molecule has 0 radical (unpaired) electrons. The van der Waals surface area contributed by atoms with Gasteiger partial charge in [-0.3, -0.25) is 19.2 Å². The van der Waals surface area contributed by atoms with Gasteiger partial charge in [0.2, 0.25) is 11.5 Å². The van der Waals surface area contributed by atoms with Gasteiger partial charge in [0.25, 0.3) is 0 Å². The van der Waals surface area contributed by atoms with E-state index in [-0.39, 0.29) is 59.5 Å². The fraction of sp³-hybridized carbons (Fsp3) is 0.300. The minimum absolute atomic E-state index is 0.0116. The van der Waals surface area contributed by atoms with Crippen LogP contribution >= 0.6 is 0 Å². The molecule has 0 bridgehead atoms. The van der Waals surface area contributed by atoms with Gasteiger partial charge in [0.15, 0.2) is 23.0 Å². The minimum atomic E-state index is -0.886. The van der Waals surface area contributed by atoms with Gasteiger partial charge >= 0.3 is 23.9 Å². The lowest BCUT2D eigenvalue weighted by Crippen LogP contribution is -2.25. The molecular formula is C40H40O14. The summed E-state index contributed by atoms with van der Waals surface area (Å²) in [4.78, 5) is 45.6. The zero-order valence-electron chi connectivity index (χ0n) is 30.4. The summed E-state index contributed by atoms with van der Waals surface area (Å²) in [5.74, 6) is -1.00. The lowest BCUT2D eigenvalue weighted by Gasteiger charge is -2.32. The maximum absolute atomic E-state index is 11.5. The molecule has 4 atom stereocenters. The number of esters is 4. The summed E-state index contributed by atoms with van der Waals surface area (Å²) in [6.45, 7) is 5.28. The Balaban J connectivity index is 0.000000208. The van der Waals surface area contributed by atoms with E-state index in [1.54, 1.807) is 26.4 Å². The van der Waals surface area contributed by atoms with E-state index in [1.165, 1.54) is 39.8 Å². The summed E-state index contributed by atoms with van der Waals surface area (Å²) >= 11 is 0. The Labute approximate surface area is 311 Å². The summed E-state index contributed by atoms with van der Waals surface area (Å²) in [5, 5.41) is 21.7. The Morgan fingerprint density at radius 2 is 0.852 bits per heavy atom. The number of aliphatic hydroxyl groups is 2. The molecule has 2 heterocycles. The number of ether oxygens (including phenoxy) is 8. The highest BCUT2D eigenvalue weighted by Gasteiger charge is 2.36. The van der Waals surface area contributed by atoms with E-state index in [0.29, 0.717) is 22.6 Å². The van der Waals surface area contributed by atoms with Gasteiger partial charge < -0.3 is 48.1 Å². The van der Waals surface area contributed by atoms with Crippen LogP contribution in [0.1, 0.15) is 74.0 Å². The van der Waals surface area contributed by atoms with E-state index in [1.807, 2.05) is 48.5 Å². The van der Waals surface area contributed by atoms with Crippen LogP contribution in [0.3, 0.4) is 0 Å². The highest BCUT2D eigenvalue weighted by molar-refractivity contribution is 5.77. The number of methoxy groups -OCH3 is 2. The number of carbonyl (C=O) groups excluding carboxylic acids is 4. The van der Waals surface area contributed by atoms with Crippen molar-refractivity contribution in [3.63, 3.8) is 0 Å². The molecule has 4 aromatic rings. The smallest absolute Gasteiger partial charge is 0.308 e. The van der Waals surface area contributed by atoms with Crippen molar-refractivity contribution in [2.24, 2.45) is 0 Å². The number of fused-ring (bicyclic) bond motifs is 2. The van der Waals surface area contributed by atoms with Crippen LogP contribution in [0.4, 0.5) is 0 Å². The van der Waals surface area contributed by atoms with E-state index in [9.17, 15) is 29.4 Å². The van der Waals surface area contributed by atoms with Crippen molar-refractivity contribution in [3.8, 4) is 46.0 Å². The van der Waals surface area contributed by atoms with Gasteiger partial charge in [-0.1, -0.05) is 24.3 Å². The first-order chi connectivity index (χ1) is 25.8. The molecule has 2 aliphatic heterocycles. The lowest BCUT2D eigenvalue weighted by atomic mass is 9.87. The molecule has 0 aromatic heterocycles. The molecule has 14 heteroatoms. The van der Waals surface area contributed by atoms with Crippen molar-refractivity contribution in [2.45, 2.75) is 51.7 Å². The van der Waals surface area contributed by atoms with Crippen LogP contribution in [0.2, 0.25) is 0 Å². The second kappa shape index (κ2) is 17.1. The monoisotopic (exact) mass is 744 g/mol. The third-order valence-corrected chi connectivity index (χ3v) is 8.51. The number of hydrogen-bond donors (Lipinski definition) is 2. The number of hydrogen-bond acceptors (Lipinski definition) is 14. The predicted octanol–water partition coefficient (Wildman–Crippen LogP) is 5.51. The van der Waals surface area contributed by atoms with Gasteiger partial charge in [-0.2, -0.15) is 0 Å². The highest BCUT2D eigenvalue weighted by Crippen LogP contribution is 2.50. The topological polar surface area (TPSA) is 183 Å². The molecule has 4 unspecified atom stereocenters. The van der Waals surface area contributed by atoms with Crippen LogP contribution in [-0.4, -0.2) is 61.5 Å². The van der Waals surface area contributed by atoms with Crippen molar-refractivity contribution >= 4 is 23.9 Å². The summed E-state index contributed by atoms with van der Waals surface area (Å²) in [5.41, 5.74) is 2.67. The Morgan fingerprint density at radius 3 is 1.15 bits per heavy atom. The van der Waals surface area contributed by atoms with Crippen LogP contribution in [0.5, 0.6) is 46.0 Å². The number of rotatable bonds is 8. The summed E-state index contributed by atoms with van der Waals surface area (Å²) < 4.78 is 42.5. The molecule has 0 aliphatic carbocycles. The average molecular weight is 745 g/mol. The van der Waals surface area contributed by atoms with Gasteiger partial charge in [0.1, 0.15) is 11.5 Å². The molecule has 0 amide bonds. The van der Waals surface area contributed by atoms with Crippen molar-refractivity contribution in [1.29, 1.82) is 0 Å². The molecule has 0 fully saturated rings. The standard InChI is InChI=1S/2C20H20O7/c2*1-11(21)26-17-9-8-15-18(23)16(13-4-6-14(24-3)7-5-13)10-25-19(15)20(17)27-12(2)22/h2*4-9,16,18,23H,10H2,1-3H3. The van der Waals surface area contributed by atoms with E-state index < -0.39 is 36.1 Å². The molecule has 2 aliphatic rings. The first-order valence-corrected chi connectivity index (χ1v) is 16.8. The van der Waals surface area contributed by atoms with Crippen molar-refractivity contribution < 1.29 is 67.3 Å². The van der Waals surface area contributed by atoms with E-state index in [0.717, 1.165) is 11.1 Å². The molecule has 2 N–H and O–H groups in total. The molecular weight excluding hydrogens is 704 g/mol. The molecule has 284 valence electrons. The maximum atomic E-state index is 11.5.